The Morgan fingerprint density at radius 1 is 0.273 bits per heavy atom. The van der Waals surface area contributed by atoms with Crippen molar-refractivity contribution < 1.29 is 0 Å². The van der Waals surface area contributed by atoms with Crippen LogP contribution in [0.3, 0.4) is 0 Å². The van der Waals surface area contributed by atoms with Gasteiger partial charge in [-0.2, -0.15) is 0 Å². The summed E-state index contributed by atoms with van der Waals surface area (Å²) in [5.74, 6) is 0. The Kier molecular flexibility index (Phi) is 7.00. The second-order valence-electron chi connectivity index (χ2n) is 15.6. The molecule has 0 atom stereocenters. The molecular formula is C55H38. The summed E-state index contributed by atoms with van der Waals surface area (Å²) >= 11 is 0. The lowest BCUT2D eigenvalue weighted by Gasteiger charge is -2.23. The molecule has 0 fully saturated rings. The van der Waals surface area contributed by atoms with Gasteiger partial charge in [0.05, 0.1) is 0 Å². The average molecular weight is 699 g/mol. The quantitative estimate of drug-likeness (QED) is 0.157. The summed E-state index contributed by atoms with van der Waals surface area (Å²) in [6, 6.07) is 72.2. The summed E-state index contributed by atoms with van der Waals surface area (Å²) in [7, 11) is 0. The number of hydrogen-bond donors (Lipinski definition) is 0. The van der Waals surface area contributed by atoms with E-state index in [9.17, 15) is 0 Å². The van der Waals surface area contributed by atoms with Gasteiger partial charge in [-0.25, -0.2) is 0 Å². The highest BCUT2D eigenvalue weighted by atomic mass is 14.4. The van der Waals surface area contributed by atoms with E-state index < -0.39 is 0 Å². The minimum atomic E-state index is -0.0878. The van der Waals surface area contributed by atoms with Crippen LogP contribution in [-0.2, 0) is 5.41 Å². The fourth-order valence-corrected chi connectivity index (χ4v) is 9.64. The fourth-order valence-electron chi connectivity index (χ4n) is 9.64. The third-order valence-corrected chi connectivity index (χ3v) is 12.3. The smallest absolute Gasteiger partial charge is 0.0159 e. The largest absolute Gasteiger partial charge is 0.0622 e. The Balaban J connectivity index is 1.23. The highest BCUT2D eigenvalue weighted by molar-refractivity contribution is 6.30. The number of hydrogen-bond acceptors (Lipinski definition) is 0. The molecule has 11 rings (SSSR count). The van der Waals surface area contributed by atoms with Gasteiger partial charge < -0.3 is 0 Å². The molecule has 0 heterocycles. The SMILES string of the molecule is CC1(C)c2ccccc2-c2ccc(-c3cc(-c4ccccc4-c4ccccc4)c4ccc5ccc(-c6ccccc6-c6ccccc6)c6ccc3c4c56)cc21. The van der Waals surface area contributed by atoms with E-state index in [4.69, 9.17) is 0 Å². The van der Waals surface area contributed by atoms with Crippen LogP contribution < -0.4 is 0 Å². The zero-order chi connectivity index (χ0) is 36.7. The first-order valence-electron chi connectivity index (χ1n) is 19.4. The van der Waals surface area contributed by atoms with Gasteiger partial charge >= 0.3 is 0 Å². The lowest BCUT2D eigenvalue weighted by Crippen LogP contribution is -2.14. The molecule has 0 bridgehead atoms. The first-order valence-corrected chi connectivity index (χ1v) is 19.4. The van der Waals surface area contributed by atoms with Gasteiger partial charge in [-0.3, -0.25) is 0 Å². The van der Waals surface area contributed by atoms with E-state index in [1.165, 1.54) is 110 Å². The molecule has 258 valence electrons. The van der Waals surface area contributed by atoms with Gasteiger partial charge in [0.15, 0.2) is 0 Å². The van der Waals surface area contributed by atoms with Crippen LogP contribution in [0.15, 0.2) is 194 Å². The van der Waals surface area contributed by atoms with Crippen LogP contribution in [0.4, 0.5) is 0 Å². The molecule has 0 heteroatoms. The Hall–Kier alpha value is -6.76. The van der Waals surface area contributed by atoms with Crippen molar-refractivity contribution in [1.29, 1.82) is 0 Å². The molecule has 0 amide bonds. The van der Waals surface area contributed by atoms with Gasteiger partial charge in [0.25, 0.3) is 0 Å². The van der Waals surface area contributed by atoms with Gasteiger partial charge in [0.1, 0.15) is 0 Å². The van der Waals surface area contributed by atoms with E-state index in [1.807, 2.05) is 0 Å². The van der Waals surface area contributed by atoms with E-state index in [-0.39, 0.29) is 5.41 Å². The second-order valence-corrected chi connectivity index (χ2v) is 15.6. The predicted molar refractivity (Wildman–Crippen MR) is 235 cm³/mol. The first kappa shape index (κ1) is 31.7. The van der Waals surface area contributed by atoms with E-state index in [0.29, 0.717) is 0 Å². The summed E-state index contributed by atoms with van der Waals surface area (Å²) in [6.07, 6.45) is 0. The van der Waals surface area contributed by atoms with E-state index in [1.54, 1.807) is 0 Å². The molecule has 0 saturated heterocycles. The monoisotopic (exact) mass is 698 g/mol. The Labute approximate surface area is 322 Å². The van der Waals surface area contributed by atoms with Gasteiger partial charge in [0, 0.05) is 5.41 Å². The zero-order valence-electron chi connectivity index (χ0n) is 31.0. The minimum absolute atomic E-state index is 0.0878. The van der Waals surface area contributed by atoms with Crippen molar-refractivity contribution in [3.63, 3.8) is 0 Å². The maximum atomic E-state index is 2.48. The number of benzene rings is 10. The summed E-state index contributed by atoms with van der Waals surface area (Å²) in [5.41, 5.74) is 17.9. The van der Waals surface area contributed by atoms with Crippen LogP contribution in [0.5, 0.6) is 0 Å². The Morgan fingerprint density at radius 3 is 1.42 bits per heavy atom. The third kappa shape index (κ3) is 4.78. The average Bonchev–Trinajstić information content (AvgIpc) is 3.48. The molecular weight excluding hydrogens is 661 g/mol. The molecule has 0 saturated carbocycles. The normalized spacial score (nSPS) is 13.1. The zero-order valence-corrected chi connectivity index (χ0v) is 31.0. The molecule has 55 heavy (non-hydrogen) atoms. The molecule has 10 aromatic rings. The summed E-state index contributed by atoms with van der Waals surface area (Å²) < 4.78 is 0. The highest BCUT2D eigenvalue weighted by Gasteiger charge is 2.35. The molecule has 0 aromatic heterocycles. The van der Waals surface area contributed by atoms with Gasteiger partial charge in [0.2, 0.25) is 0 Å². The Bertz CT molecular complexity index is 3090. The molecule has 0 spiro atoms. The maximum absolute atomic E-state index is 2.48. The van der Waals surface area contributed by atoms with Gasteiger partial charge in [-0.15, -0.1) is 0 Å². The van der Waals surface area contributed by atoms with Crippen molar-refractivity contribution >= 4 is 32.3 Å². The van der Waals surface area contributed by atoms with Crippen LogP contribution in [0.25, 0.3) is 99.1 Å². The summed E-state index contributed by atoms with van der Waals surface area (Å²) in [6.45, 7) is 4.75. The minimum Gasteiger partial charge on any atom is -0.0622 e. The number of fused-ring (bicyclic) bond motifs is 3. The van der Waals surface area contributed by atoms with E-state index in [0.717, 1.165) is 0 Å². The van der Waals surface area contributed by atoms with Crippen LogP contribution in [0, 0.1) is 0 Å². The highest BCUT2D eigenvalue weighted by Crippen LogP contribution is 2.52. The molecule has 0 N–H and O–H groups in total. The van der Waals surface area contributed by atoms with E-state index in [2.05, 4.69) is 208 Å². The standard InChI is InChI=1S/C55H38/c1-55(2)51-24-14-13-23-44(51)45-29-27-38(33-52(45)55)49-34-50(42-22-12-10-20-40(42)36-17-7-4-8-18-36)48-30-26-37-25-28-43(46-31-32-47(49)54(48)53(37)46)41-21-11-9-19-39(41)35-15-5-3-6-16-35/h3-34H,1-2H3. The van der Waals surface area contributed by atoms with Crippen molar-refractivity contribution in [3.8, 4) is 66.8 Å². The molecule has 0 unspecified atom stereocenters. The van der Waals surface area contributed by atoms with Crippen molar-refractivity contribution in [1.82, 2.24) is 0 Å². The fraction of sp³-hybridized carbons (Fsp3) is 0.0545. The number of rotatable bonds is 5. The van der Waals surface area contributed by atoms with E-state index >= 15 is 0 Å². The van der Waals surface area contributed by atoms with Crippen LogP contribution in [0.1, 0.15) is 25.0 Å². The third-order valence-electron chi connectivity index (χ3n) is 12.3. The molecule has 1 aliphatic rings. The van der Waals surface area contributed by atoms with Crippen LogP contribution >= 0.6 is 0 Å². The summed E-state index contributed by atoms with van der Waals surface area (Å²) in [4.78, 5) is 0. The van der Waals surface area contributed by atoms with Crippen molar-refractivity contribution in [2.45, 2.75) is 19.3 Å². The molecule has 10 aromatic carbocycles. The topological polar surface area (TPSA) is 0 Å². The summed E-state index contributed by atoms with van der Waals surface area (Å²) in [5, 5.41) is 7.76. The van der Waals surface area contributed by atoms with Gasteiger partial charge in [-0.05, 0) is 122 Å². The maximum Gasteiger partial charge on any atom is 0.0159 e. The molecule has 1 aliphatic carbocycles. The van der Waals surface area contributed by atoms with Crippen LogP contribution in [-0.4, -0.2) is 0 Å². The first-order chi connectivity index (χ1) is 27.1. The molecule has 0 radical (unpaired) electrons. The van der Waals surface area contributed by atoms with Gasteiger partial charge in [-0.1, -0.05) is 196 Å². The lowest BCUT2D eigenvalue weighted by atomic mass is 9.80. The molecule has 0 aliphatic heterocycles. The second kappa shape index (κ2) is 12.1. The lowest BCUT2D eigenvalue weighted by molar-refractivity contribution is 0.660. The van der Waals surface area contributed by atoms with Crippen molar-refractivity contribution in [2.75, 3.05) is 0 Å². The van der Waals surface area contributed by atoms with Crippen molar-refractivity contribution in [2.24, 2.45) is 0 Å². The predicted octanol–water partition coefficient (Wildman–Crippen LogP) is 15.2. The van der Waals surface area contributed by atoms with Crippen LogP contribution in [0.2, 0.25) is 0 Å². The van der Waals surface area contributed by atoms with Crippen molar-refractivity contribution in [3.05, 3.63) is 205 Å². The Morgan fingerprint density at radius 2 is 0.745 bits per heavy atom. The molecule has 0 nitrogen and oxygen atoms in total.